The van der Waals surface area contributed by atoms with Crippen LogP contribution in [0, 0.1) is 50.4 Å². The number of nitrogens with zero attached hydrogens (tertiary/aromatic N) is 2. The number of aromatic hydroxyl groups is 1. The molecule has 11 heteroatoms. The number of phenolic OH excluding ortho intramolecular Hbond substituents is 1. The zero-order valence-corrected chi connectivity index (χ0v) is 33.5. The van der Waals surface area contributed by atoms with Crippen LogP contribution in [0.3, 0.4) is 0 Å². The molecule has 292 valence electrons. The van der Waals surface area contributed by atoms with Crippen LogP contribution in [0.5, 0.6) is 23.0 Å². The maximum atomic E-state index is 12.2. The Labute approximate surface area is 331 Å². The Bertz CT molecular complexity index is 1920. The molecule has 55 heavy (non-hydrogen) atoms. The molecule has 0 aliphatic heterocycles. The monoisotopic (exact) mass is 768 g/mol. The minimum atomic E-state index is -0.0449. The van der Waals surface area contributed by atoms with E-state index in [4.69, 9.17) is 36.3 Å². The van der Waals surface area contributed by atoms with Gasteiger partial charge in [-0.05, 0) is 122 Å². The standard InChI is InChI=1S/C22H26N2O3.C20H25NO3.C2H2ClN/c1-16-6-7-18(13-17(16)2)5-4-11-24-22(25)15-19-8-9-20(27-12-10-23)21(14-19)26-3;1-14-6-7-16(11-15(14)2)5-4-10-21-20(23)13-17-8-9-18(22)19(12-17)24-3;3-1-2-4/h6-9,13-14H,4-5,11-12,15H2,1-3H3,(H,24,25);6-9,11-12,22H,4-5,10,13H2,1-3H3,(H,21,23);1H2. The van der Waals surface area contributed by atoms with Crippen molar-refractivity contribution in [1.82, 2.24) is 10.6 Å². The molecule has 0 radical (unpaired) electrons. The van der Waals surface area contributed by atoms with Gasteiger partial charge in [-0.3, -0.25) is 9.59 Å². The maximum absolute atomic E-state index is 12.2. The predicted molar refractivity (Wildman–Crippen MR) is 217 cm³/mol. The first-order chi connectivity index (χ1) is 26.4. The highest BCUT2D eigenvalue weighted by molar-refractivity contribution is 6.19. The van der Waals surface area contributed by atoms with E-state index in [1.165, 1.54) is 47.6 Å². The number of hydrogen-bond acceptors (Lipinski definition) is 8. The number of aryl methyl sites for hydroxylation is 6. The number of nitrogens with one attached hydrogen (secondary N) is 2. The highest BCUT2D eigenvalue weighted by Crippen LogP contribution is 2.28. The summed E-state index contributed by atoms with van der Waals surface area (Å²) >= 11 is 4.82. The van der Waals surface area contributed by atoms with E-state index in [9.17, 15) is 14.7 Å². The van der Waals surface area contributed by atoms with Crippen molar-refractivity contribution in [2.75, 3.05) is 39.8 Å². The molecule has 3 N–H and O–H groups in total. The lowest BCUT2D eigenvalue weighted by Crippen LogP contribution is -2.26. The molecule has 4 aromatic carbocycles. The van der Waals surface area contributed by atoms with E-state index in [1.54, 1.807) is 36.4 Å². The summed E-state index contributed by atoms with van der Waals surface area (Å²) < 4.78 is 15.6. The van der Waals surface area contributed by atoms with E-state index in [1.807, 2.05) is 12.1 Å². The Morgan fingerprint density at radius 1 is 0.636 bits per heavy atom. The quantitative estimate of drug-likeness (QED) is 0.0780. The number of halogens is 1. The topological polar surface area (TPSA) is 154 Å². The molecule has 0 spiro atoms. The minimum absolute atomic E-state index is 0.0252. The van der Waals surface area contributed by atoms with Crippen LogP contribution in [-0.4, -0.2) is 56.7 Å². The van der Waals surface area contributed by atoms with E-state index in [2.05, 4.69) is 74.7 Å². The molecule has 0 aliphatic rings. The van der Waals surface area contributed by atoms with Crippen LogP contribution in [0.1, 0.15) is 57.3 Å². The largest absolute Gasteiger partial charge is 0.504 e. The summed E-state index contributed by atoms with van der Waals surface area (Å²) in [5.74, 6) is 1.53. The Hall–Kier alpha value is -5.71. The first-order valence-corrected chi connectivity index (χ1v) is 18.6. The Morgan fingerprint density at radius 3 is 1.53 bits per heavy atom. The Morgan fingerprint density at radius 2 is 1.09 bits per heavy atom. The van der Waals surface area contributed by atoms with Crippen molar-refractivity contribution in [2.24, 2.45) is 0 Å². The van der Waals surface area contributed by atoms with Gasteiger partial charge >= 0.3 is 0 Å². The van der Waals surface area contributed by atoms with Crippen molar-refractivity contribution in [3.05, 3.63) is 117 Å². The van der Waals surface area contributed by atoms with Gasteiger partial charge in [-0.2, -0.15) is 10.5 Å². The molecular weight excluding hydrogens is 716 g/mol. The summed E-state index contributed by atoms with van der Waals surface area (Å²) in [6, 6.07) is 26.9. The fourth-order valence-electron chi connectivity index (χ4n) is 5.34. The third-order valence-corrected chi connectivity index (χ3v) is 8.74. The predicted octanol–water partition coefficient (Wildman–Crippen LogP) is 7.56. The van der Waals surface area contributed by atoms with Crippen molar-refractivity contribution >= 4 is 23.4 Å². The van der Waals surface area contributed by atoms with E-state index >= 15 is 0 Å². The van der Waals surface area contributed by atoms with Crippen molar-refractivity contribution in [1.29, 1.82) is 10.5 Å². The summed E-state index contributed by atoms with van der Waals surface area (Å²) in [6.07, 6.45) is 4.26. The average molecular weight is 769 g/mol. The number of carbonyl (C=O) groups excluding carboxylic acids is 2. The number of rotatable bonds is 16. The molecule has 0 bridgehead atoms. The number of nitriles is 2. The number of alkyl halides is 1. The van der Waals surface area contributed by atoms with Gasteiger partial charge in [0.25, 0.3) is 0 Å². The number of methoxy groups -OCH3 is 2. The SMILES string of the molecule is COc1cc(CC(=O)NCCCc2ccc(C)c(C)c2)ccc1O.COc1cc(CC(=O)NCCCc2ccc(C)c(C)c2)ccc1OCC#N.N#CCCl. The highest BCUT2D eigenvalue weighted by atomic mass is 35.5. The van der Waals surface area contributed by atoms with Gasteiger partial charge < -0.3 is 30.0 Å². The van der Waals surface area contributed by atoms with Crippen LogP contribution >= 0.6 is 11.6 Å². The van der Waals surface area contributed by atoms with Crippen molar-refractivity contribution in [2.45, 2.75) is 66.2 Å². The van der Waals surface area contributed by atoms with Crippen LogP contribution in [-0.2, 0) is 35.3 Å². The van der Waals surface area contributed by atoms with Crippen LogP contribution < -0.4 is 24.8 Å². The zero-order valence-electron chi connectivity index (χ0n) is 32.8. The molecule has 0 aromatic heterocycles. The van der Waals surface area contributed by atoms with Crippen LogP contribution in [0.2, 0.25) is 0 Å². The molecule has 0 unspecified atom stereocenters. The summed E-state index contributed by atoms with van der Waals surface area (Å²) in [6.45, 7) is 9.70. The lowest BCUT2D eigenvalue weighted by Gasteiger charge is -2.11. The molecular formula is C44H53ClN4O6. The number of amides is 2. The van der Waals surface area contributed by atoms with Crippen molar-refractivity contribution in [3.8, 4) is 35.1 Å². The van der Waals surface area contributed by atoms with Gasteiger partial charge in [-0.15, -0.1) is 11.6 Å². The smallest absolute Gasteiger partial charge is 0.224 e. The lowest BCUT2D eigenvalue weighted by molar-refractivity contribution is -0.121. The van der Waals surface area contributed by atoms with Gasteiger partial charge in [0.15, 0.2) is 29.6 Å². The number of benzene rings is 4. The fourth-order valence-corrected chi connectivity index (χ4v) is 5.34. The second kappa shape index (κ2) is 25.3. The fraction of sp³-hybridized carbons (Fsp3) is 0.364. The van der Waals surface area contributed by atoms with Gasteiger partial charge in [0.1, 0.15) is 11.9 Å². The molecule has 0 atom stereocenters. The molecule has 0 saturated heterocycles. The second-order valence-electron chi connectivity index (χ2n) is 12.8. The van der Waals surface area contributed by atoms with Crippen molar-refractivity contribution < 1.29 is 28.9 Å². The Balaban J connectivity index is 0.000000348. The third-order valence-electron chi connectivity index (χ3n) is 8.62. The Kier molecular flexibility index (Phi) is 20.9. The van der Waals surface area contributed by atoms with E-state index in [0.29, 0.717) is 30.3 Å². The van der Waals surface area contributed by atoms with Gasteiger partial charge in [0.05, 0.1) is 33.1 Å². The van der Waals surface area contributed by atoms with Crippen LogP contribution in [0.25, 0.3) is 0 Å². The molecule has 0 saturated carbocycles. The summed E-state index contributed by atoms with van der Waals surface area (Å²) in [5.41, 5.74) is 9.45. The van der Waals surface area contributed by atoms with Crippen molar-refractivity contribution in [3.63, 3.8) is 0 Å². The van der Waals surface area contributed by atoms with Gasteiger partial charge in [0, 0.05) is 13.1 Å². The molecule has 4 aromatic rings. The molecule has 10 nitrogen and oxygen atoms in total. The number of carbonyl (C=O) groups is 2. The van der Waals surface area contributed by atoms with E-state index < -0.39 is 0 Å². The molecule has 0 aliphatic carbocycles. The number of hydrogen-bond donors (Lipinski definition) is 3. The third kappa shape index (κ3) is 17.3. The number of ether oxygens (including phenoxy) is 3. The molecule has 0 fully saturated rings. The zero-order chi connectivity index (χ0) is 40.6. The van der Waals surface area contributed by atoms with Gasteiger partial charge in [-0.25, -0.2) is 0 Å². The normalized spacial score (nSPS) is 9.91. The summed E-state index contributed by atoms with van der Waals surface area (Å²) in [7, 11) is 3.02. The number of phenols is 1. The summed E-state index contributed by atoms with van der Waals surface area (Å²) in [4.78, 5) is 24.1. The average Bonchev–Trinajstić information content (AvgIpc) is 3.18. The molecule has 2 amide bonds. The highest BCUT2D eigenvalue weighted by Gasteiger charge is 2.10. The second-order valence-corrected chi connectivity index (χ2v) is 13.1. The van der Waals surface area contributed by atoms with Gasteiger partial charge in [-0.1, -0.05) is 48.5 Å². The molecule has 4 rings (SSSR count). The van der Waals surface area contributed by atoms with Crippen LogP contribution in [0.15, 0.2) is 72.8 Å². The van der Waals surface area contributed by atoms with E-state index in [-0.39, 0.29) is 42.9 Å². The summed E-state index contributed by atoms with van der Waals surface area (Å²) in [5, 5.41) is 31.5. The molecule has 0 heterocycles. The first-order valence-electron chi connectivity index (χ1n) is 18.1. The first kappa shape index (κ1) is 45.4. The van der Waals surface area contributed by atoms with Crippen LogP contribution in [0.4, 0.5) is 0 Å². The van der Waals surface area contributed by atoms with E-state index in [0.717, 1.165) is 36.8 Å². The minimum Gasteiger partial charge on any atom is -0.504 e. The lowest BCUT2D eigenvalue weighted by atomic mass is 10.0. The maximum Gasteiger partial charge on any atom is 0.224 e. The van der Waals surface area contributed by atoms with Gasteiger partial charge in [0.2, 0.25) is 11.8 Å².